The van der Waals surface area contributed by atoms with Crippen molar-refractivity contribution in [2.45, 2.75) is 32.2 Å². The van der Waals surface area contributed by atoms with Crippen molar-refractivity contribution in [3.63, 3.8) is 0 Å². The van der Waals surface area contributed by atoms with Crippen LogP contribution in [0.25, 0.3) is 0 Å². The average molecular weight is 510 g/mol. The Morgan fingerprint density at radius 3 is 2.24 bits per heavy atom. The third-order valence-corrected chi connectivity index (χ3v) is 6.95. The van der Waals surface area contributed by atoms with Gasteiger partial charge in [0, 0.05) is 18.1 Å². The van der Waals surface area contributed by atoms with Crippen molar-refractivity contribution >= 4 is 17.6 Å². The second-order valence-electron chi connectivity index (χ2n) is 9.15. The maximum atomic E-state index is 13.6. The first-order valence-corrected chi connectivity index (χ1v) is 12.6. The Morgan fingerprint density at radius 1 is 0.946 bits per heavy atom. The first kappa shape index (κ1) is 26.5. The lowest BCUT2D eigenvalue weighted by Crippen LogP contribution is -2.43. The van der Waals surface area contributed by atoms with Gasteiger partial charge in [-0.15, -0.1) is 0 Å². The van der Waals surface area contributed by atoms with Gasteiger partial charge in [0.15, 0.2) is 0 Å². The Labute approximate surface area is 217 Å². The molecule has 1 atom stereocenters. The van der Waals surface area contributed by atoms with E-state index in [1.165, 1.54) is 0 Å². The summed E-state index contributed by atoms with van der Waals surface area (Å²) in [6, 6.07) is 13.1. The average Bonchev–Trinajstić information content (AvgIpc) is 3.38. The van der Waals surface area contributed by atoms with E-state index < -0.39 is 0 Å². The molecule has 0 N–H and O–H groups in total. The summed E-state index contributed by atoms with van der Waals surface area (Å²) in [6.45, 7) is 3.77. The molecule has 9 nitrogen and oxygen atoms in total. The van der Waals surface area contributed by atoms with Crippen LogP contribution in [0.5, 0.6) is 17.2 Å². The maximum Gasteiger partial charge on any atom is 0.309 e. The molecule has 0 saturated carbocycles. The van der Waals surface area contributed by atoms with Crippen LogP contribution < -0.4 is 14.2 Å². The summed E-state index contributed by atoms with van der Waals surface area (Å²) < 4.78 is 21.4. The molecule has 1 saturated heterocycles. The fourth-order valence-electron chi connectivity index (χ4n) is 4.88. The fraction of sp³-hybridized carbons (Fsp3) is 0.464. The predicted molar refractivity (Wildman–Crippen MR) is 139 cm³/mol. The largest absolute Gasteiger partial charge is 0.497 e. The number of amides is 1. The molecule has 2 aliphatic heterocycles. The topological polar surface area (TPSA) is 89.9 Å². The number of benzene rings is 2. The second kappa shape index (κ2) is 12.1. The van der Waals surface area contributed by atoms with Gasteiger partial charge in [-0.3, -0.25) is 14.5 Å². The van der Waals surface area contributed by atoms with Gasteiger partial charge < -0.3 is 18.9 Å². The van der Waals surface area contributed by atoms with E-state index in [1.807, 2.05) is 49.4 Å². The highest BCUT2D eigenvalue weighted by atomic mass is 16.5. The number of hydrazone groups is 1. The first-order valence-electron chi connectivity index (χ1n) is 12.6. The van der Waals surface area contributed by atoms with E-state index in [-0.39, 0.29) is 30.4 Å². The number of likely N-dealkylation sites (tertiary alicyclic amines) is 1. The Bertz CT molecular complexity index is 1130. The molecule has 4 rings (SSSR count). The van der Waals surface area contributed by atoms with E-state index in [4.69, 9.17) is 24.0 Å². The Kier molecular flexibility index (Phi) is 8.66. The lowest BCUT2D eigenvalue weighted by Gasteiger charge is -2.32. The monoisotopic (exact) mass is 509 g/mol. The molecule has 0 spiro atoms. The zero-order valence-electron chi connectivity index (χ0n) is 21.9. The van der Waals surface area contributed by atoms with Crippen LogP contribution in [-0.4, -0.2) is 75.1 Å². The molecule has 9 heteroatoms. The maximum absolute atomic E-state index is 13.6. The van der Waals surface area contributed by atoms with Crippen LogP contribution in [0, 0.1) is 5.92 Å². The number of hydrogen-bond donors (Lipinski definition) is 0. The second-order valence-corrected chi connectivity index (χ2v) is 9.15. The number of rotatable bonds is 9. The van der Waals surface area contributed by atoms with E-state index in [0.717, 1.165) is 22.6 Å². The van der Waals surface area contributed by atoms with Crippen molar-refractivity contribution in [3.05, 3.63) is 53.6 Å². The zero-order chi connectivity index (χ0) is 26.4. The van der Waals surface area contributed by atoms with Crippen LogP contribution in [0.15, 0.2) is 47.6 Å². The molecule has 0 aromatic heterocycles. The first-order chi connectivity index (χ1) is 18.0. The molecule has 1 fully saturated rings. The van der Waals surface area contributed by atoms with Crippen molar-refractivity contribution in [1.29, 1.82) is 0 Å². The van der Waals surface area contributed by atoms with E-state index in [1.54, 1.807) is 26.3 Å². The van der Waals surface area contributed by atoms with Crippen molar-refractivity contribution < 1.29 is 28.5 Å². The molecular formula is C28H35N3O6. The van der Waals surface area contributed by atoms with E-state index in [9.17, 15) is 9.59 Å². The predicted octanol–water partition coefficient (Wildman–Crippen LogP) is 3.67. The summed E-state index contributed by atoms with van der Waals surface area (Å²) in [5.74, 6) is 1.75. The van der Waals surface area contributed by atoms with Crippen LogP contribution in [0.3, 0.4) is 0 Å². The fourth-order valence-corrected chi connectivity index (χ4v) is 4.88. The van der Waals surface area contributed by atoms with Crippen molar-refractivity contribution in [2.24, 2.45) is 11.0 Å². The highest BCUT2D eigenvalue weighted by Crippen LogP contribution is 2.37. The molecule has 2 aromatic rings. The number of hydrogen-bond acceptors (Lipinski definition) is 8. The Hall–Kier alpha value is -3.59. The van der Waals surface area contributed by atoms with Crippen LogP contribution in [0.2, 0.25) is 0 Å². The van der Waals surface area contributed by atoms with Gasteiger partial charge in [-0.1, -0.05) is 12.1 Å². The van der Waals surface area contributed by atoms with E-state index in [0.29, 0.717) is 50.5 Å². The number of esters is 1. The highest BCUT2D eigenvalue weighted by molar-refractivity contribution is 6.05. The number of carbonyl (C=O) groups is 2. The van der Waals surface area contributed by atoms with Gasteiger partial charge in [0.25, 0.3) is 5.91 Å². The lowest BCUT2D eigenvalue weighted by molar-refractivity contribution is -0.149. The third kappa shape index (κ3) is 6.05. The molecule has 37 heavy (non-hydrogen) atoms. The van der Waals surface area contributed by atoms with Gasteiger partial charge in [-0.2, -0.15) is 5.10 Å². The molecule has 0 aliphatic carbocycles. The van der Waals surface area contributed by atoms with Crippen LogP contribution >= 0.6 is 0 Å². The van der Waals surface area contributed by atoms with Crippen molar-refractivity contribution in [2.75, 3.05) is 47.6 Å². The molecule has 1 amide bonds. The van der Waals surface area contributed by atoms with Gasteiger partial charge >= 0.3 is 5.97 Å². The van der Waals surface area contributed by atoms with Gasteiger partial charge in [0.05, 0.1) is 52.2 Å². The SMILES string of the molecule is CCOC(=O)C1CCN(CC(=O)N2N=C(c3ccc(OC)cc3OC)CC2c2ccc(OC)cc2)CC1. The highest BCUT2D eigenvalue weighted by Gasteiger charge is 2.35. The summed E-state index contributed by atoms with van der Waals surface area (Å²) in [7, 11) is 4.84. The number of carbonyl (C=O) groups excluding carboxylic acids is 2. The molecule has 2 heterocycles. The lowest BCUT2D eigenvalue weighted by atomic mass is 9.96. The minimum atomic E-state index is -0.253. The number of methoxy groups -OCH3 is 3. The minimum absolute atomic E-state index is 0.0853. The van der Waals surface area contributed by atoms with Crippen molar-refractivity contribution in [3.8, 4) is 17.2 Å². The van der Waals surface area contributed by atoms with E-state index in [2.05, 4.69) is 4.90 Å². The number of piperidine rings is 1. The molecule has 0 radical (unpaired) electrons. The quantitative estimate of drug-likeness (QED) is 0.477. The van der Waals surface area contributed by atoms with Crippen molar-refractivity contribution in [1.82, 2.24) is 9.91 Å². The third-order valence-electron chi connectivity index (χ3n) is 6.95. The number of ether oxygens (including phenoxy) is 4. The van der Waals surface area contributed by atoms with Gasteiger partial charge in [0.2, 0.25) is 0 Å². The molecule has 2 aromatic carbocycles. The Morgan fingerprint density at radius 2 is 1.62 bits per heavy atom. The van der Waals surface area contributed by atoms with Gasteiger partial charge in [0.1, 0.15) is 17.2 Å². The summed E-state index contributed by atoms with van der Waals surface area (Å²) in [5, 5.41) is 6.40. The molecule has 1 unspecified atom stereocenters. The molecule has 198 valence electrons. The van der Waals surface area contributed by atoms with Crippen LogP contribution in [-0.2, 0) is 14.3 Å². The van der Waals surface area contributed by atoms with Crippen LogP contribution in [0.4, 0.5) is 0 Å². The summed E-state index contributed by atoms with van der Waals surface area (Å²) in [4.78, 5) is 27.8. The van der Waals surface area contributed by atoms with E-state index >= 15 is 0 Å². The molecule has 0 bridgehead atoms. The number of nitrogens with zero attached hydrogens (tertiary/aromatic N) is 3. The summed E-state index contributed by atoms with van der Waals surface area (Å²) in [5.41, 5.74) is 2.57. The summed E-state index contributed by atoms with van der Waals surface area (Å²) in [6.07, 6.45) is 1.92. The Balaban J connectivity index is 1.54. The van der Waals surface area contributed by atoms with Gasteiger partial charge in [-0.25, -0.2) is 5.01 Å². The molecular weight excluding hydrogens is 474 g/mol. The van der Waals surface area contributed by atoms with Gasteiger partial charge in [-0.05, 0) is 62.7 Å². The minimum Gasteiger partial charge on any atom is -0.497 e. The smallest absolute Gasteiger partial charge is 0.309 e. The standard InChI is InChI=1S/C28H35N3O6/c1-5-37-28(33)20-12-14-30(15-13-20)18-27(32)31-25(19-6-8-21(34-2)9-7-19)17-24(29-31)23-11-10-22(35-3)16-26(23)36-4/h6-11,16,20,25H,5,12-15,17-18H2,1-4H3. The zero-order valence-corrected chi connectivity index (χ0v) is 21.9. The molecule has 2 aliphatic rings. The normalized spacial score (nSPS) is 18.3. The summed E-state index contributed by atoms with van der Waals surface area (Å²) >= 11 is 0. The van der Waals surface area contributed by atoms with Crippen LogP contribution in [0.1, 0.15) is 43.4 Å².